The fraction of sp³-hybridized carbons (Fsp3) is 0.467. The van der Waals surface area contributed by atoms with Crippen LogP contribution >= 0.6 is 0 Å². The van der Waals surface area contributed by atoms with Gasteiger partial charge in [0.25, 0.3) is 5.91 Å². The molecule has 0 radical (unpaired) electrons. The van der Waals surface area contributed by atoms with Crippen LogP contribution in [0.2, 0.25) is 0 Å². The van der Waals surface area contributed by atoms with E-state index in [1.807, 2.05) is 0 Å². The molecule has 1 aromatic carbocycles. The molecule has 5 nitrogen and oxygen atoms in total. The second-order valence-electron chi connectivity index (χ2n) is 5.44. The highest BCUT2D eigenvalue weighted by atomic mass is 16.2. The number of para-hydroxylation sites is 1. The zero-order valence-corrected chi connectivity index (χ0v) is 11.8. The molecule has 1 aromatic rings. The average Bonchev–Trinajstić information content (AvgIpc) is 2.38. The molecule has 5 heteroatoms. The van der Waals surface area contributed by atoms with Crippen LogP contribution in [0.15, 0.2) is 24.3 Å². The van der Waals surface area contributed by atoms with E-state index in [9.17, 15) is 9.59 Å². The molecule has 1 aliphatic heterocycles. The highest BCUT2D eigenvalue weighted by Gasteiger charge is 2.19. The molecule has 1 fully saturated rings. The Morgan fingerprint density at radius 3 is 2.85 bits per heavy atom. The molecule has 1 atom stereocenters. The molecular weight excluding hydrogens is 254 g/mol. The van der Waals surface area contributed by atoms with Gasteiger partial charge in [-0.25, -0.2) is 0 Å². The van der Waals surface area contributed by atoms with Crippen molar-refractivity contribution in [3.05, 3.63) is 29.8 Å². The van der Waals surface area contributed by atoms with Crippen molar-refractivity contribution in [2.45, 2.75) is 19.8 Å². The third kappa shape index (κ3) is 3.81. The van der Waals surface area contributed by atoms with Gasteiger partial charge in [0.2, 0.25) is 5.91 Å². The van der Waals surface area contributed by atoms with Crippen molar-refractivity contribution < 1.29 is 9.59 Å². The Labute approximate surface area is 119 Å². The van der Waals surface area contributed by atoms with Crippen molar-refractivity contribution in [3.8, 4) is 0 Å². The lowest BCUT2D eigenvalue weighted by Crippen LogP contribution is -2.39. The summed E-state index contributed by atoms with van der Waals surface area (Å²) in [7, 11) is 0. The Kier molecular flexibility index (Phi) is 4.74. The molecule has 0 aliphatic carbocycles. The Hall–Kier alpha value is -1.88. The first kappa shape index (κ1) is 14.5. The highest BCUT2D eigenvalue weighted by molar-refractivity contribution is 6.03. The van der Waals surface area contributed by atoms with Gasteiger partial charge in [-0.05, 0) is 37.4 Å². The first-order chi connectivity index (χ1) is 9.56. The molecular formula is C15H21N3O2. The van der Waals surface area contributed by atoms with Gasteiger partial charge in [-0.15, -0.1) is 0 Å². The van der Waals surface area contributed by atoms with Crippen LogP contribution < -0.4 is 11.1 Å². The van der Waals surface area contributed by atoms with Gasteiger partial charge >= 0.3 is 0 Å². The number of anilines is 1. The summed E-state index contributed by atoms with van der Waals surface area (Å²) in [5.41, 5.74) is 6.11. The second-order valence-corrected chi connectivity index (χ2v) is 5.44. The summed E-state index contributed by atoms with van der Waals surface area (Å²) in [6.45, 7) is 4.46. The van der Waals surface area contributed by atoms with Crippen LogP contribution in [0.1, 0.15) is 30.1 Å². The summed E-state index contributed by atoms with van der Waals surface area (Å²) in [5.74, 6) is -0.00486. The topological polar surface area (TPSA) is 75.4 Å². The molecule has 108 valence electrons. The fourth-order valence-electron chi connectivity index (χ4n) is 2.63. The molecule has 2 amide bonds. The lowest BCUT2D eigenvalue weighted by Gasteiger charge is -2.30. The quantitative estimate of drug-likeness (QED) is 0.873. The Morgan fingerprint density at radius 1 is 1.40 bits per heavy atom. The molecule has 0 bridgehead atoms. The molecule has 3 N–H and O–H groups in total. The van der Waals surface area contributed by atoms with E-state index in [1.54, 1.807) is 24.3 Å². The maximum Gasteiger partial charge on any atom is 0.250 e. The fourth-order valence-corrected chi connectivity index (χ4v) is 2.63. The molecule has 20 heavy (non-hydrogen) atoms. The Morgan fingerprint density at radius 2 is 2.15 bits per heavy atom. The lowest BCUT2D eigenvalue weighted by molar-refractivity contribution is -0.117. The van der Waals surface area contributed by atoms with E-state index in [1.165, 1.54) is 6.42 Å². The summed E-state index contributed by atoms with van der Waals surface area (Å²) in [6, 6.07) is 6.80. The molecule has 1 heterocycles. The van der Waals surface area contributed by atoms with Crippen LogP contribution in [0.5, 0.6) is 0 Å². The summed E-state index contributed by atoms with van der Waals surface area (Å²) < 4.78 is 0. The first-order valence-corrected chi connectivity index (χ1v) is 6.97. The van der Waals surface area contributed by atoms with Gasteiger partial charge in [0, 0.05) is 6.54 Å². The van der Waals surface area contributed by atoms with Gasteiger partial charge in [0.15, 0.2) is 0 Å². The zero-order chi connectivity index (χ0) is 14.5. The third-order valence-electron chi connectivity index (χ3n) is 3.57. The number of carbonyl (C=O) groups is 2. The van der Waals surface area contributed by atoms with Crippen molar-refractivity contribution in [2.24, 2.45) is 11.7 Å². The minimum Gasteiger partial charge on any atom is -0.366 e. The summed E-state index contributed by atoms with van der Waals surface area (Å²) in [6.07, 6.45) is 2.36. The van der Waals surface area contributed by atoms with Gasteiger partial charge in [0.1, 0.15) is 0 Å². The Bertz CT molecular complexity index is 502. The zero-order valence-electron chi connectivity index (χ0n) is 11.8. The summed E-state index contributed by atoms with van der Waals surface area (Å²) in [4.78, 5) is 25.5. The molecule has 1 aliphatic rings. The van der Waals surface area contributed by atoms with Gasteiger partial charge in [-0.1, -0.05) is 19.1 Å². The standard InChI is InChI=1S/C15H21N3O2/c1-11-5-4-8-18(9-11)10-14(19)17-13-7-3-2-6-12(13)15(16)20/h2-3,6-7,11H,4-5,8-10H2,1H3,(H2,16,20)(H,17,19)/t11-/m0/s1. The van der Waals surface area contributed by atoms with Crippen molar-refractivity contribution in [2.75, 3.05) is 25.0 Å². The molecule has 1 saturated heterocycles. The van der Waals surface area contributed by atoms with Gasteiger partial charge < -0.3 is 11.1 Å². The van der Waals surface area contributed by atoms with E-state index in [4.69, 9.17) is 5.73 Å². The smallest absolute Gasteiger partial charge is 0.250 e. The molecule has 0 spiro atoms. The average molecular weight is 275 g/mol. The number of nitrogens with one attached hydrogen (secondary N) is 1. The normalized spacial score (nSPS) is 19.6. The largest absolute Gasteiger partial charge is 0.366 e. The maximum atomic E-state index is 12.1. The van der Waals surface area contributed by atoms with Gasteiger partial charge in [0.05, 0.1) is 17.8 Å². The second kappa shape index (κ2) is 6.52. The summed E-state index contributed by atoms with van der Waals surface area (Å²) in [5, 5.41) is 2.77. The van der Waals surface area contributed by atoms with Crippen LogP contribution in [-0.4, -0.2) is 36.3 Å². The number of nitrogens with zero attached hydrogens (tertiary/aromatic N) is 1. The van der Waals surface area contributed by atoms with E-state index in [0.717, 1.165) is 19.5 Å². The monoisotopic (exact) mass is 275 g/mol. The number of rotatable bonds is 4. The van der Waals surface area contributed by atoms with Crippen LogP contribution in [0.25, 0.3) is 0 Å². The van der Waals surface area contributed by atoms with Crippen molar-refractivity contribution >= 4 is 17.5 Å². The first-order valence-electron chi connectivity index (χ1n) is 6.97. The Balaban J connectivity index is 1.96. The highest BCUT2D eigenvalue weighted by Crippen LogP contribution is 2.16. The van der Waals surface area contributed by atoms with Crippen LogP contribution in [0.3, 0.4) is 0 Å². The number of hydrogen-bond acceptors (Lipinski definition) is 3. The van der Waals surface area contributed by atoms with E-state index >= 15 is 0 Å². The van der Waals surface area contributed by atoms with Gasteiger partial charge in [-0.2, -0.15) is 0 Å². The van der Waals surface area contributed by atoms with E-state index < -0.39 is 5.91 Å². The SMILES string of the molecule is C[C@H]1CCCN(CC(=O)Nc2ccccc2C(N)=O)C1. The maximum absolute atomic E-state index is 12.1. The molecule has 0 unspecified atom stereocenters. The number of carbonyl (C=O) groups excluding carboxylic acids is 2. The summed E-state index contributed by atoms with van der Waals surface area (Å²) >= 11 is 0. The van der Waals surface area contributed by atoms with E-state index in [2.05, 4.69) is 17.1 Å². The number of primary amides is 1. The number of nitrogens with two attached hydrogens (primary N) is 1. The van der Waals surface area contributed by atoms with Crippen LogP contribution in [-0.2, 0) is 4.79 Å². The lowest BCUT2D eigenvalue weighted by atomic mass is 10.0. The predicted molar refractivity (Wildman–Crippen MR) is 78.4 cm³/mol. The van der Waals surface area contributed by atoms with E-state index in [0.29, 0.717) is 23.7 Å². The minimum absolute atomic E-state index is 0.104. The number of amides is 2. The molecule has 0 saturated carbocycles. The van der Waals surface area contributed by atoms with Crippen molar-refractivity contribution in [1.82, 2.24) is 4.90 Å². The number of likely N-dealkylation sites (tertiary alicyclic amines) is 1. The molecule has 2 rings (SSSR count). The minimum atomic E-state index is -0.535. The third-order valence-corrected chi connectivity index (χ3v) is 3.57. The number of benzene rings is 1. The van der Waals surface area contributed by atoms with Crippen LogP contribution in [0.4, 0.5) is 5.69 Å². The number of piperidine rings is 1. The van der Waals surface area contributed by atoms with Gasteiger partial charge in [-0.3, -0.25) is 14.5 Å². The van der Waals surface area contributed by atoms with Crippen LogP contribution in [0, 0.1) is 5.92 Å². The van der Waals surface area contributed by atoms with E-state index in [-0.39, 0.29) is 5.91 Å². The molecule has 0 aromatic heterocycles. The van der Waals surface area contributed by atoms with Crippen molar-refractivity contribution in [3.63, 3.8) is 0 Å². The number of hydrogen-bond donors (Lipinski definition) is 2. The van der Waals surface area contributed by atoms with Crippen molar-refractivity contribution in [1.29, 1.82) is 0 Å². The predicted octanol–water partition coefficient (Wildman–Crippen LogP) is 1.46.